The van der Waals surface area contributed by atoms with Crippen molar-refractivity contribution >= 4 is 17.4 Å². The van der Waals surface area contributed by atoms with E-state index in [1.54, 1.807) is 24.3 Å². The van der Waals surface area contributed by atoms with Crippen LogP contribution in [0, 0.1) is 10.1 Å². The van der Waals surface area contributed by atoms with Crippen LogP contribution in [0.3, 0.4) is 0 Å². The van der Waals surface area contributed by atoms with E-state index in [2.05, 4.69) is 6.92 Å². The second-order valence-corrected chi connectivity index (χ2v) is 7.65. The molecular weight excluding hydrogens is 410 g/mol. The number of nitro benzene ring substituents is 1. The van der Waals surface area contributed by atoms with Crippen LogP contribution in [0.1, 0.15) is 79.0 Å². The standard InChI is InChI=1S/C25H31NO6/c1-2-3-4-5-6-7-8-9-17-31-23-15-13-20(14-16-23)25(28)32-19-24(27)21-11-10-12-22(18-21)26(29)30/h10-16,18H,2-9,17,19H2,1H3. The predicted molar refractivity (Wildman–Crippen MR) is 122 cm³/mol. The summed E-state index contributed by atoms with van der Waals surface area (Å²) in [5.41, 5.74) is 0.234. The fraction of sp³-hybridized carbons (Fsp3) is 0.440. The van der Waals surface area contributed by atoms with Crippen LogP contribution in [0.15, 0.2) is 48.5 Å². The van der Waals surface area contributed by atoms with E-state index in [0.717, 1.165) is 18.9 Å². The van der Waals surface area contributed by atoms with Crippen LogP contribution in [0.2, 0.25) is 0 Å². The molecule has 0 aromatic heterocycles. The molecule has 0 N–H and O–H groups in total. The van der Waals surface area contributed by atoms with Gasteiger partial charge in [0.05, 0.1) is 17.1 Å². The molecule has 7 nitrogen and oxygen atoms in total. The van der Waals surface area contributed by atoms with Gasteiger partial charge in [-0.05, 0) is 30.7 Å². The van der Waals surface area contributed by atoms with Crippen molar-refractivity contribution in [1.29, 1.82) is 0 Å². The fourth-order valence-electron chi connectivity index (χ4n) is 3.20. The number of Topliss-reactive ketones (excluding diaryl/α,β-unsaturated/α-hetero) is 1. The first-order chi connectivity index (χ1) is 15.5. The molecule has 0 bridgehead atoms. The number of nitrogens with zero attached hydrogens (tertiary/aromatic N) is 1. The number of ether oxygens (including phenoxy) is 2. The highest BCUT2D eigenvalue weighted by atomic mass is 16.6. The number of esters is 1. The maximum absolute atomic E-state index is 12.2. The number of carbonyl (C=O) groups is 2. The molecule has 0 aliphatic rings. The van der Waals surface area contributed by atoms with E-state index in [1.165, 1.54) is 56.7 Å². The Balaban J connectivity index is 1.69. The summed E-state index contributed by atoms with van der Waals surface area (Å²) in [6, 6.07) is 11.9. The molecule has 2 rings (SSSR count). The molecule has 7 heteroatoms. The molecule has 0 atom stereocenters. The topological polar surface area (TPSA) is 95.7 Å². The summed E-state index contributed by atoms with van der Waals surface area (Å²) in [5.74, 6) is -0.470. The number of hydrogen-bond donors (Lipinski definition) is 0. The molecule has 0 spiro atoms. The Morgan fingerprint density at radius 1 is 0.875 bits per heavy atom. The van der Waals surface area contributed by atoms with Crippen LogP contribution in [0.4, 0.5) is 5.69 Å². The van der Waals surface area contributed by atoms with Crippen molar-refractivity contribution in [2.45, 2.75) is 58.3 Å². The van der Waals surface area contributed by atoms with Gasteiger partial charge in [-0.25, -0.2) is 4.79 Å². The highest BCUT2D eigenvalue weighted by Gasteiger charge is 2.14. The van der Waals surface area contributed by atoms with Crippen molar-refractivity contribution in [3.63, 3.8) is 0 Å². The number of benzene rings is 2. The summed E-state index contributed by atoms with van der Waals surface area (Å²) >= 11 is 0. The van der Waals surface area contributed by atoms with E-state index in [9.17, 15) is 19.7 Å². The van der Waals surface area contributed by atoms with Gasteiger partial charge in [-0.2, -0.15) is 0 Å². The molecule has 2 aromatic rings. The number of carbonyl (C=O) groups excluding carboxylic acids is 2. The molecule has 0 heterocycles. The largest absolute Gasteiger partial charge is 0.494 e. The van der Waals surface area contributed by atoms with E-state index in [0.29, 0.717) is 17.9 Å². The Morgan fingerprint density at radius 2 is 1.53 bits per heavy atom. The Bertz CT molecular complexity index is 878. The summed E-state index contributed by atoms with van der Waals surface area (Å²) < 4.78 is 10.8. The van der Waals surface area contributed by atoms with Crippen molar-refractivity contribution in [3.05, 3.63) is 69.8 Å². The van der Waals surface area contributed by atoms with Gasteiger partial charge in [0.25, 0.3) is 5.69 Å². The minimum atomic E-state index is -0.640. The highest BCUT2D eigenvalue weighted by Crippen LogP contribution is 2.16. The normalized spacial score (nSPS) is 10.5. The average molecular weight is 442 g/mol. The van der Waals surface area contributed by atoms with Crippen LogP contribution in [0.5, 0.6) is 5.75 Å². The first-order valence-corrected chi connectivity index (χ1v) is 11.2. The molecule has 0 fully saturated rings. The monoisotopic (exact) mass is 441 g/mol. The summed E-state index contributed by atoms with van der Waals surface area (Å²) in [7, 11) is 0. The third-order valence-corrected chi connectivity index (χ3v) is 5.07. The smallest absolute Gasteiger partial charge is 0.338 e. The van der Waals surface area contributed by atoms with Crippen LogP contribution < -0.4 is 4.74 Å². The van der Waals surface area contributed by atoms with Crippen LogP contribution in [-0.4, -0.2) is 29.9 Å². The molecule has 0 saturated heterocycles. The number of non-ortho nitro benzene ring substituents is 1. The van der Waals surface area contributed by atoms with Crippen molar-refractivity contribution in [2.24, 2.45) is 0 Å². The van der Waals surface area contributed by atoms with Crippen molar-refractivity contribution in [1.82, 2.24) is 0 Å². The lowest BCUT2D eigenvalue weighted by Gasteiger charge is -2.08. The Morgan fingerprint density at radius 3 is 2.19 bits per heavy atom. The molecule has 0 saturated carbocycles. The van der Waals surface area contributed by atoms with Gasteiger partial charge in [-0.1, -0.05) is 64.0 Å². The van der Waals surface area contributed by atoms with E-state index < -0.39 is 23.3 Å². The van der Waals surface area contributed by atoms with Crippen molar-refractivity contribution in [3.8, 4) is 5.75 Å². The molecule has 2 aromatic carbocycles. The van der Waals surface area contributed by atoms with Gasteiger partial charge in [-0.15, -0.1) is 0 Å². The number of ketones is 1. The van der Waals surface area contributed by atoms with E-state index in [-0.39, 0.29) is 11.3 Å². The Labute approximate surface area is 188 Å². The number of hydrogen-bond acceptors (Lipinski definition) is 6. The zero-order chi connectivity index (χ0) is 23.2. The fourth-order valence-corrected chi connectivity index (χ4v) is 3.20. The molecule has 0 radical (unpaired) electrons. The number of unbranched alkanes of at least 4 members (excludes halogenated alkanes) is 7. The summed E-state index contributed by atoms with van der Waals surface area (Å²) in [6.07, 6.45) is 9.87. The van der Waals surface area contributed by atoms with E-state index in [4.69, 9.17) is 9.47 Å². The van der Waals surface area contributed by atoms with Crippen LogP contribution in [-0.2, 0) is 4.74 Å². The van der Waals surface area contributed by atoms with E-state index in [1.807, 2.05) is 0 Å². The second kappa shape index (κ2) is 14.0. The molecule has 32 heavy (non-hydrogen) atoms. The number of nitro groups is 1. The highest BCUT2D eigenvalue weighted by molar-refractivity contribution is 5.99. The zero-order valence-corrected chi connectivity index (χ0v) is 18.6. The maximum Gasteiger partial charge on any atom is 0.338 e. The molecular formula is C25H31NO6. The quantitative estimate of drug-likeness (QED) is 0.108. The van der Waals surface area contributed by atoms with Crippen molar-refractivity contribution in [2.75, 3.05) is 13.2 Å². The van der Waals surface area contributed by atoms with Crippen molar-refractivity contribution < 1.29 is 24.0 Å². The minimum absolute atomic E-state index is 0.122. The van der Waals surface area contributed by atoms with Gasteiger partial charge in [0.15, 0.2) is 6.61 Å². The van der Waals surface area contributed by atoms with Crippen LogP contribution >= 0.6 is 0 Å². The molecule has 0 aliphatic carbocycles. The molecule has 0 amide bonds. The summed E-state index contributed by atoms with van der Waals surface area (Å²) in [4.78, 5) is 34.5. The molecule has 0 unspecified atom stereocenters. The molecule has 0 aliphatic heterocycles. The van der Waals surface area contributed by atoms with Gasteiger partial charge in [0.2, 0.25) is 5.78 Å². The van der Waals surface area contributed by atoms with Gasteiger partial charge >= 0.3 is 5.97 Å². The van der Waals surface area contributed by atoms with E-state index >= 15 is 0 Å². The maximum atomic E-state index is 12.2. The third kappa shape index (κ3) is 8.88. The van der Waals surface area contributed by atoms with Crippen LogP contribution in [0.25, 0.3) is 0 Å². The third-order valence-electron chi connectivity index (χ3n) is 5.07. The Kier molecular flexibility index (Phi) is 10.9. The van der Waals surface area contributed by atoms with Gasteiger partial charge in [-0.3, -0.25) is 14.9 Å². The summed E-state index contributed by atoms with van der Waals surface area (Å²) in [6.45, 7) is 2.37. The van der Waals surface area contributed by atoms with Gasteiger partial charge in [0, 0.05) is 17.7 Å². The average Bonchev–Trinajstić information content (AvgIpc) is 2.81. The van der Waals surface area contributed by atoms with Gasteiger partial charge < -0.3 is 9.47 Å². The second-order valence-electron chi connectivity index (χ2n) is 7.65. The number of rotatable bonds is 15. The predicted octanol–water partition coefficient (Wildman–Crippen LogP) is 6.15. The first-order valence-electron chi connectivity index (χ1n) is 11.2. The SMILES string of the molecule is CCCCCCCCCCOc1ccc(C(=O)OCC(=O)c2cccc([N+](=O)[O-])c2)cc1. The minimum Gasteiger partial charge on any atom is -0.494 e. The summed E-state index contributed by atoms with van der Waals surface area (Å²) in [5, 5.41) is 10.8. The Hall–Kier alpha value is -3.22. The zero-order valence-electron chi connectivity index (χ0n) is 18.6. The van der Waals surface area contributed by atoms with Gasteiger partial charge in [0.1, 0.15) is 5.75 Å². The first kappa shape index (κ1) is 25.0. The molecule has 172 valence electrons. The lowest BCUT2D eigenvalue weighted by Crippen LogP contribution is -2.14. The lowest BCUT2D eigenvalue weighted by molar-refractivity contribution is -0.384. The lowest BCUT2D eigenvalue weighted by atomic mass is 10.1.